The lowest BCUT2D eigenvalue weighted by atomic mass is 9.94. The second-order valence-corrected chi connectivity index (χ2v) is 4.44. The molecular formula is C13H21NO3. The van der Waals surface area contributed by atoms with E-state index >= 15 is 0 Å². The van der Waals surface area contributed by atoms with E-state index in [4.69, 9.17) is 0 Å². The zero-order valence-electron chi connectivity index (χ0n) is 10.4. The van der Waals surface area contributed by atoms with Gasteiger partial charge in [0.15, 0.2) is 5.78 Å². The van der Waals surface area contributed by atoms with Gasteiger partial charge in [0.1, 0.15) is 0 Å². The van der Waals surface area contributed by atoms with Gasteiger partial charge in [0, 0.05) is 6.04 Å². The lowest BCUT2D eigenvalue weighted by Crippen LogP contribution is -2.44. The first-order valence-corrected chi connectivity index (χ1v) is 6.16. The Morgan fingerprint density at radius 3 is 2.59 bits per heavy atom. The van der Waals surface area contributed by atoms with Gasteiger partial charge in [-0.15, -0.1) is 0 Å². The molecular weight excluding hydrogens is 218 g/mol. The molecule has 0 aromatic carbocycles. The second kappa shape index (κ2) is 7.22. The molecule has 0 aliphatic heterocycles. The predicted octanol–water partition coefficient (Wildman–Crippen LogP) is 1.60. The quantitative estimate of drug-likeness (QED) is 0.565. The zero-order valence-corrected chi connectivity index (χ0v) is 10.4. The van der Waals surface area contributed by atoms with Gasteiger partial charge in [-0.3, -0.25) is 9.59 Å². The maximum atomic E-state index is 11.6. The third kappa shape index (κ3) is 4.69. The molecule has 1 aliphatic rings. The van der Waals surface area contributed by atoms with Crippen LogP contribution in [0.1, 0.15) is 38.5 Å². The average Bonchev–Trinajstić information content (AvgIpc) is 2.38. The molecule has 1 atom stereocenters. The van der Waals surface area contributed by atoms with E-state index in [-0.39, 0.29) is 18.2 Å². The fourth-order valence-electron chi connectivity index (χ4n) is 2.19. The molecule has 4 nitrogen and oxygen atoms in total. The van der Waals surface area contributed by atoms with Crippen LogP contribution in [0.2, 0.25) is 0 Å². The van der Waals surface area contributed by atoms with Crippen LogP contribution >= 0.6 is 0 Å². The van der Waals surface area contributed by atoms with Crippen molar-refractivity contribution in [2.24, 2.45) is 0 Å². The number of methoxy groups -OCH3 is 1. The molecule has 96 valence electrons. The highest BCUT2D eigenvalue weighted by molar-refractivity contribution is 5.96. The number of ether oxygens (including phenoxy) is 1. The Morgan fingerprint density at radius 1 is 1.41 bits per heavy atom. The van der Waals surface area contributed by atoms with Gasteiger partial charge in [0.2, 0.25) is 0 Å². The summed E-state index contributed by atoms with van der Waals surface area (Å²) < 4.78 is 4.60. The van der Waals surface area contributed by atoms with Gasteiger partial charge in [-0.05, 0) is 18.9 Å². The van der Waals surface area contributed by atoms with Crippen molar-refractivity contribution in [3.8, 4) is 0 Å². The van der Waals surface area contributed by atoms with E-state index in [2.05, 4.69) is 16.6 Å². The van der Waals surface area contributed by atoms with Crippen LogP contribution in [0, 0.1) is 0 Å². The van der Waals surface area contributed by atoms with Crippen LogP contribution in [0.25, 0.3) is 0 Å². The number of carbonyl (C=O) groups excluding carboxylic acids is 2. The summed E-state index contributed by atoms with van der Waals surface area (Å²) in [7, 11) is 1.33. The fourth-order valence-corrected chi connectivity index (χ4v) is 2.19. The SMILES string of the molecule is C=CC(=O)C(CC(=O)OC)NC1CCCCC1. The highest BCUT2D eigenvalue weighted by Gasteiger charge is 2.24. The van der Waals surface area contributed by atoms with E-state index in [1.165, 1.54) is 32.4 Å². The lowest BCUT2D eigenvalue weighted by molar-refractivity contribution is -0.142. The summed E-state index contributed by atoms with van der Waals surface area (Å²) in [6.07, 6.45) is 7.12. The summed E-state index contributed by atoms with van der Waals surface area (Å²) in [5.74, 6) is -0.505. The Morgan fingerprint density at radius 2 is 2.06 bits per heavy atom. The van der Waals surface area contributed by atoms with Crippen LogP contribution in [-0.4, -0.2) is 30.9 Å². The first kappa shape index (κ1) is 13.9. The van der Waals surface area contributed by atoms with Crippen molar-refractivity contribution < 1.29 is 14.3 Å². The van der Waals surface area contributed by atoms with E-state index < -0.39 is 6.04 Å². The smallest absolute Gasteiger partial charge is 0.307 e. The molecule has 1 rings (SSSR count). The van der Waals surface area contributed by atoms with Crippen molar-refractivity contribution in [3.05, 3.63) is 12.7 Å². The molecule has 0 aromatic heterocycles. The van der Waals surface area contributed by atoms with Crippen LogP contribution in [-0.2, 0) is 14.3 Å². The predicted molar refractivity (Wildman–Crippen MR) is 65.6 cm³/mol. The molecule has 0 bridgehead atoms. The van der Waals surface area contributed by atoms with Gasteiger partial charge in [-0.2, -0.15) is 0 Å². The van der Waals surface area contributed by atoms with Crippen LogP contribution in [0.15, 0.2) is 12.7 Å². The normalized spacial score (nSPS) is 18.4. The van der Waals surface area contributed by atoms with Gasteiger partial charge in [0.25, 0.3) is 0 Å². The summed E-state index contributed by atoms with van der Waals surface area (Å²) in [4.78, 5) is 22.9. The van der Waals surface area contributed by atoms with Crippen molar-refractivity contribution >= 4 is 11.8 Å². The number of nitrogens with one attached hydrogen (secondary N) is 1. The van der Waals surface area contributed by atoms with E-state index in [0.29, 0.717) is 6.04 Å². The molecule has 0 amide bonds. The topological polar surface area (TPSA) is 55.4 Å². The minimum absolute atomic E-state index is 0.0812. The molecule has 1 aliphatic carbocycles. The maximum absolute atomic E-state index is 11.6. The minimum atomic E-state index is -0.483. The first-order chi connectivity index (χ1) is 8.17. The summed E-state index contributed by atoms with van der Waals surface area (Å²) >= 11 is 0. The molecule has 1 fully saturated rings. The molecule has 4 heteroatoms. The number of esters is 1. The molecule has 17 heavy (non-hydrogen) atoms. The molecule has 0 saturated heterocycles. The Bertz CT molecular complexity index is 282. The van der Waals surface area contributed by atoms with E-state index in [0.717, 1.165) is 12.8 Å². The summed E-state index contributed by atoms with van der Waals surface area (Å²) in [6.45, 7) is 3.47. The van der Waals surface area contributed by atoms with Crippen molar-refractivity contribution in [3.63, 3.8) is 0 Å². The number of ketones is 1. The van der Waals surface area contributed by atoms with E-state index in [9.17, 15) is 9.59 Å². The van der Waals surface area contributed by atoms with Crippen LogP contribution in [0.3, 0.4) is 0 Å². The molecule has 0 heterocycles. The van der Waals surface area contributed by atoms with Crippen molar-refractivity contribution in [1.82, 2.24) is 5.32 Å². The Balaban J connectivity index is 2.52. The van der Waals surface area contributed by atoms with Gasteiger partial charge in [0.05, 0.1) is 19.6 Å². The van der Waals surface area contributed by atoms with Crippen LogP contribution in [0.5, 0.6) is 0 Å². The summed E-state index contributed by atoms with van der Waals surface area (Å²) in [6, 6.07) is -0.148. The van der Waals surface area contributed by atoms with E-state index in [1.54, 1.807) is 0 Å². The van der Waals surface area contributed by atoms with Gasteiger partial charge < -0.3 is 10.1 Å². The average molecular weight is 239 g/mol. The van der Waals surface area contributed by atoms with Gasteiger partial charge >= 0.3 is 5.97 Å². The zero-order chi connectivity index (χ0) is 12.7. The molecule has 0 spiro atoms. The number of rotatable bonds is 6. The maximum Gasteiger partial charge on any atom is 0.307 e. The molecule has 0 radical (unpaired) electrons. The third-order valence-electron chi connectivity index (χ3n) is 3.19. The lowest BCUT2D eigenvalue weighted by Gasteiger charge is -2.26. The summed E-state index contributed by atoms with van der Waals surface area (Å²) in [5.41, 5.74) is 0. The highest BCUT2D eigenvalue weighted by atomic mass is 16.5. The first-order valence-electron chi connectivity index (χ1n) is 6.16. The van der Waals surface area contributed by atoms with Crippen LogP contribution < -0.4 is 5.32 Å². The Kier molecular flexibility index (Phi) is 5.91. The molecule has 1 N–H and O–H groups in total. The van der Waals surface area contributed by atoms with Crippen molar-refractivity contribution in [1.29, 1.82) is 0 Å². The highest BCUT2D eigenvalue weighted by Crippen LogP contribution is 2.18. The van der Waals surface area contributed by atoms with Crippen molar-refractivity contribution in [2.45, 2.75) is 50.6 Å². The Hall–Kier alpha value is -1.16. The molecule has 0 aromatic rings. The van der Waals surface area contributed by atoms with Gasteiger partial charge in [-0.1, -0.05) is 25.8 Å². The molecule has 1 unspecified atom stereocenters. The minimum Gasteiger partial charge on any atom is -0.469 e. The number of carbonyl (C=O) groups is 2. The Labute approximate surface area is 102 Å². The van der Waals surface area contributed by atoms with E-state index in [1.807, 2.05) is 0 Å². The third-order valence-corrected chi connectivity index (χ3v) is 3.19. The second-order valence-electron chi connectivity index (χ2n) is 4.44. The van der Waals surface area contributed by atoms with Crippen molar-refractivity contribution in [2.75, 3.05) is 7.11 Å². The fraction of sp³-hybridized carbons (Fsp3) is 0.692. The molecule has 1 saturated carbocycles. The largest absolute Gasteiger partial charge is 0.469 e. The monoisotopic (exact) mass is 239 g/mol. The van der Waals surface area contributed by atoms with Gasteiger partial charge in [-0.25, -0.2) is 0 Å². The van der Waals surface area contributed by atoms with Crippen LogP contribution in [0.4, 0.5) is 0 Å². The summed E-state index contributed by atoms with van der Waals surface area (Å²) in [5, 5.41) is 3.25. The standard InChI is InChI=1S/C13H21NO3/c1-3-12(15)11(9-13(16)17-2)14-10-7-5-4-6-8-10/h3,10-11,14H,1,4-9H2,2H3. The number of hydrogen-bond acceptors (Lipinski definition) is 4. The number of hydrogen-bond donors (Lipinski definition) is 1.